The Morgan fingerprint density at radius 2 is 1.93 bits per heavy atom. The molecule has 0 bridgehead atoms. The van der Waals surface area contributed by atoms with Gasteiger partial charge < -0.3 is 26.1 Å². The van der Waals surface area contributed by atoms with Crippen molar-refractivity contribution in [2.45, 2.75) is 64.2 Å². The molecule has 0 radical (unpaired) electrons. The molecule has 224 valence electrons. The van der Waals surface area contributed by atoms with Crippen molar-refractivity contribution in [1.29, 1.82) is 5.26 Å². The van der Waals surface area contributed by atoms with Gasteiger partial charge in [-0.05, 0) is 58.2 Å². The molecule has 10 heteroatoms. The summed E-state index contributed by atoms with van der Waals surface area (Å²) >= 11 is 6.75. The maximum atomic E-state index is 9.82. The molecule has 2 heterocycles. The van der Waals surface area contributed by atoms with E-state index in [1.54, 1.807) is 18.3 Å². The Balaban J connectivity index is 1.66. The number of piperidine rings is 1. The van der Waals surface area contributed by atoms with Gasteiger partial charge in [-0.25, -0.2) is 5.84 Å². The van der Waals surface area contributed by atoms with E-state index in [1.807, 2.05) is 55.6 Å². The van der Waals surface area contributed by atoms with Gasteiger partial charge in [-0.2, -0.15) is 5.26 Å². The number of likely N-dealkylation sites (tertiary alicyclic amines) is 1. The van der Waals surface area contributed by atoms with Gasteiger partial charge in [0.25, 0.3) is 0 Å². The fourth-order valence-corrected chi connectivity index (χ4v) is 5.75. The number of nitriles is 1. The molecular weight excluding hydrogens is 548 g/mol. The summed E-state index contributed by atoms with van der Waals surface area (Å²) < 4.78 is 5.30. The van der Waals surface area contributed by atoms with Crippen LogP contribution in [-0.2, 0) is 4.74 Å². The van der Waals surface area contributed by atoms with E-state index in [0.29, 0.717) is 34.1 Å². The number of hydrazine groups is 1. The highest BCUT2D eigenvalue weighted by Crippen LogP contribution is 2.35. The van der Waals surface area contributed by atoms with Gasteiger partial charge in [0, 0.05) is 61.3 Å². The third-order valence-corrected chi connectivity index (χ3v) is 8.05. The number of fused-ring (bicyclic) bond motifs is 1. The summed E-state index contributed by atoms with van der Waals surface area (Å²) in [5.41, 5.74) is 10.9. The van der Waals surface area contributed by atoms with Crippen LogP contribution < -0.4 is 22.2 Å². The molecule has 0 amide bonds. The summed E-state index contributed by atoms with van der Waals surface area (Å²) in [5, 5.41) is 19.8. The second kappa shape index (κ2) is 13.6. The second-order valence-corrected chi connectivity index (χ2v) is 12.4. The maximum Gasteiger partial charge on any atom is 0.103 e. The zero-order chi connectivity index (χ0) is 30.4. The van der Waals surface area contributed by atoms with Gasteiger partial charge in [0.1, 0.15) is 6.07 Å². The van der Waals surface area contributed by atoms with E-state index >= 15 is 0 Å². The van der Waals surface area contributed by atoms with Crippen molar-refractivity contribution in [2.75, 3.05) is 37.4 Å². The standard InChI is InChI=1S/C32H43ClN8O/c1-21(20-42-5)38-29-23(17-34)18-37-31-26(29)15-24(16-27(31)33)39-30(22-9-7-6-8-10-22)28(35)19-41(36)25-11-13-40(14-12-25)32(2,3)4/h6-10,15-16,18-19,21,25,30,39H,11-14,20,35-36H2,1-5H3,(H,37,38)/b28-19-/t21-,30-/m0/s1. The molecule has 1 saturated heterocycles. The molecule has 42 heavy (non-hydrogen) atoms. The molecule has 2 atom stereocenters. The predicted octanol–water partition coefficient (Wildman–Crippen LogP) is 5.60. The van der Waals surface area contributed by atoms with E-state index in [0.717, 1.165) is 42.6 Å². The number of methoxy groups -OCH3 is 1. The van der Waals surface area contributed by atoms with Gasteiger partial charge in [-0.1, -0.05) is 41.9 Å². The number of pyridine rings is 1. The van der Waals surface area contributed by atoms with Crippen molar-refractivity contribution in [2.24, 2.45) is 11.6 Å². The first-order valence-electron chi connectivity index (χ1n) is 14.4. The van der Waals surface area contributed by atoms with E-state index in [9.17, 15) is 5.26 Å². The Morgan fingerprint density at radius 3 is 2.55 bits per heavy atom. The zero-order valence-corrected chi connectivity index (χ0v) is 25.9. The molecule has 1 fully saturated rings. The maximum absolute atomic E-state index is 9.82. The van der Waals surface area contributed by atoms with Crippen molar-refractivity contribution in [1.82, 2.24) is 14.9 Å². The van der Waals surface area contributed by atoms with Gasteiger partial charge in [-0.3, -0.25) is 9.88 Å². The third kappa shape index (κ3) is 7.44. The van der Waals surface area contributed by atoms with Gasteiger partial charge in [0.15, 0.2) is 0 Å². The zero-order valence-electron chi connectivity index (χ0n) is 25.2. The lowest BCUT2D eigenvalue weighted by Gasteiger charge is -2.42. The van der Waals surface area contributed by atoms with Gasteiger partial charge in [-0.15, -0.1) is 0 Å². The van der Waals surface area contributed by atoms with Crippen LogP contribution in [0.2, 0.25) is 5.02 Å². The van der Waals surface area contributed by atoms with Crippen LogP contribution in [0.25, 0.3) is 10.9 Å². The van der Waals surface area contributed by atoms with Crippen LogP contribution in [0.4, 0.5) is 11.4 Å². The first-order valence-corrected chi connectivity index (χ1v) is 14.7. The topological polar surface area (TPSA) is 128 Å². The predicted molar refractivity (Wildman–Crippen MR) is 172 cm³/mol. The van der Waals surface area contributed by atoms with Crippen LogP contribution in [0.15, 0.2) is 60.6 Å². The highest BCUT2D eigenvalue weighted by Gasteiger charge is 2.29. The Kier molecular flexibility index (Phi) is 10.2. The summed E-state index contributed by atoms with van der Waals surface area (Å²) in [6, 6.07) is 15.8. The highest BCUT2D eigenvalue weighted by molar-refractivity contribution is 6.35. The van der Waals surface area contributed by atoms with E-state index in [1.165, 1.54) is 0 Å². The number of rotatable bonds is 10. The molecule has 4 rings (SSSR count). The van der Waals surface area contributed by atoms with E-state index in [4.69, 9.17) is 27.9 Å². The van der Waals surface area contributed by atoms with Crippen LogP contribution in [0.5, 0.6) is 0 Å². The number of nitrogens with one attached hydrogen (secondary N) is 2. The molecule has 6 N–H and O–H groups in total. The number of hydrogen-bond donors (Lipinski definition) is 4. The van der Waals surface area contributed by atoms with Crippen molar-refractivity contribution in [3.63, 3.8) is 0 Å². The number of ether oxygens (including phenoxy) is 1. The fraction of sp³-hybridized carbons (Fsp3) is 0.438. The number of halogens is 1. The largest absolute Gasteiger partial charge is 0.399 e. The van der Waals surface area contributed by atoms with Crippen LogP contribution in [0.1, 0.15) is 57.7 Å². The molecule has 0 unspecified atom stereocenters. The van der Waals surface area contributed by atoms with Gasteiger partial charge in [0.05, 0.1) is 40.1 Å². The highest BCUT2D eigenvalue weighted by atomic mass is 35.5. The summed E-state index contributed by atoms with van der Waals surface area (Å²) in [7, 11) is 1.64. The lowest BCUT2D eigenvalue weighted by atomic mass is 9.97. The number of nitrogens with zero attached hydrogens (tertiary/aromatic N) is 4. The third-order valence-electron chi connectivity index (χ3n) is 7.76. The molecule has 1 aliphatic rings. The lowest BCUT2D eigenvalue weighted by Crippen LogP contribution is -2.51. The monoisotopic (exact) mass is 590 g/mol. The average Bonchev–Trinajstić information content (AvgIpc) is 2.96. The lowest BCUT2D eigenvalue weighted by molar-refractivity contribution is 0.0713. The van der Waals surface area contributed by atoms with Crippen LogP contribution in [0.3, 0.4) is 0 Å². The molecule has 3 aromatic rings. The Labute approximate surface area is 254 Å². The van der Waals surface area contributed by atoms with Crippen molar-refractivity contribution in [3.8, 4) is 6.07 Å². The summed E-state index contributed by atoms with van der Waals surface area (Å²) in [5.74, 6) is 6.59. The fourth-order valence-electron chi connectivity index (χ4n) is 5.48. The smallest absolute Gasteiger partial charge is 0.103 e. The van der Waals surface area contributed by atoms with E-state index in [-0.39, 0.29) is 23.7 Å². The minimum Gasteiger partial charge on any atom is -0.399 e. The van der Waals surface area contributed by atoms with E-state index in [2.05, 4.69) is 47.4 Å². The molecule has 2 aromatic carbocycles. The van der Waals surface area contributed by atoms with Gasteiger partial charge in [0.2, 0.25) is 0 Å². The minimum atomic E-state index is -0.378. The number of hydrogen-bond acceptors (Lipinski definition) is 9. The van der Waals surface area contributed by atoms with Crippen molar-refractivity contribution in [3.05, 3.63) is 76.7 Å². The van der Waals surface area contributed by atoms with E-state index < -0.39 is 0 Å². The summed E-state index contributed by atoms with van der Waals surface area (Å²) in [6.07, 6.45) is 5.32. The molecule has 0 aliphatic carbocycles. The minimum absolute atomic E-state index is 0.0375. The van der Waals surface area contributed by atoms with Crippen molar-refractivity contribution < 1.29 is 4.74 Å². The number of anilines is 2. The summed E-state index contributed by atoms with van der Waals surface area (Å²) in [4.78, 5) is 6.97. The average molecular weight is 591 g/mol. The normalized spacial score (nSPS) is 16.6. The Bertz CT molecular complexity index is 1420. The second-order valence-electron chi connectivity index (χ2n) is 12.0. The first-order chi connectivity index (χ1) is 20.0. The van der Waals surface area contributed by atoms with Crippen LogP contribution in [0, 0.1) is 11.3 Å². The molecular formula is C32H43ClN8O. The molecule has 9 nitrogen and oxygen atoms in total. The number of nitrogens with two attached hydrogens (primary N) is 2. The van der Waals surface area contributed by atoms with Crippen LogP contribution >= 0.6 is 11.6 Å². The Morgan fingerprint density at radius 1 is 1.24 bits per heavy atom. The first kappa shape index (κ1) is 31.4. The molecule has 0 spiro atoms. The molecule has 1 aliphatic heterocycles. The SMILES string of the molecule is COC[C@H](C)Nc1c(C#N)cnc2c(Cl)cc(N[C@H](/C(N)=C/N(N)C3CCN(C(C)(C)C)CC3)c3ccccc3)cc12. The Hall–Kier alpha value is -3.55. The quantitative estimate of drug-likeness (QED) is 0.176. The molecule has 0 saturated carbocycles. The van der Waals surface area contributed by atoms with Gasteiger partial charge >= 0.3 is 0 Å². The van der Waals surface area contributed by atoms with Crippen LogP contribution in [-0.4, -0.2) is 59.3 Å². The van der Waals surface area contributed by atoms with Crippen molar-refractivity contribution >= 4 is 33.9 Å². The number of benzene rings is 2. The molecule has 1 aromatic heterocycles. The summed E-state index contributed by atoms with van der Waals surface area (Å²) in [6.45, 7) is 11.2. The number of aromatic nitrogens is 1.